The number of aromatic nitrogens is 4. The van der Waals surface area contributed by atoms with Gasteiger partial charge in [-0.15, -0.1) is 5.10 Å². The van der Waals surface area contributed by atoms with Crippen molar-refractivity contribution in [3.63, 3.8) is 0 Å². The van der Waals surface area contributed by atoms with Crippen LogP contribution in [-0.2, 0) is 4.79 Å². The van der Waals surface area contributed by atoms with E-state index in [0.29, 0.717) is 10.9 Å². The lowest BCUT2D eigenvalue weighted by atomic mass is 10.1. The number of methoxy groups -OCH3 is 1. The summed E-state index contributed by atoms with van der Waals surface area (Å²) in [5.41, 5.74) is 2.57. The second-order valence-electron chi connectivity index (χ2n) is 6.65. The average molecular weight is 385 g/mol. The lowest BCUT2D eigenvalue weighted by Crippen LogP contribution is -2.29. The summed E-state index contributed by atoms with van der Waals surface area (Å²) in [6.45, 7) is 7.90. The zero-order chi connectivity index (χ0) is 19.6. The molecule has 7 nitrogen and oxygen atoms in total. The van der Waals surface area contributed by atoms with E-state index in [1.165, 1.54) is 11.8 Å². The van der Waals surface area contributed by atoms with Crippen molar-refractivity contribution in [3.8, 4) is 5.75 Å². The summed E-state index contributed by atoms with van der Waals surface area (Å²) in [5.74, 6) is 1.32. The van der Waals surface area contributed by atoms with Gasteiger partial charge in [0.05, 0.1) is 12.4 Å². The van der Waals surface area contributed by atoms with Gasteiger partial charge in [0, 0.05) is 17.1 Å². The largest absolute Gasteiger partial charge is 0.497 e. The van der Waals surface area contributed by atoms with Gasteiger partial charge in [-0.25, -0.2) is 9.50 Å². The SMILES string of the molecule is COc1ccc(NC(=O)C(Sc2nc3nc(C)cc(C)n3n2)C(C)C)cc1. The third kappa shape index (κ3) is 4.39. The smallest absolute Gasteiger partial charge is 0.253 e. The molecule has 0 radical (unpaired) electrons. The number of nitrogens with one attached hydrogen (secondary N) is 1. The highest BCUT2D eigenvalue weighted by molar-refractivity contribution is 8.00. The molecule has 0 aliphatic rings. The van der Waals surface area contributed by atoms with Crippen molar-refractivity contribution in [2.24, 2.45) is 5.92 Å². The van der Waals surface area contributed by atoms with Gasteiger partial charge >= 0.3 is 0 Å². The van der Waals surface area contributed by atoms with E-state index in [0.717, 1.165) is 22.8 Å². The summed E-state index contributed by atoms with van der Waals surface area (Å²) in [6, 6.07) is 9.21. The van der Waals surface area contributed by atoms with Crippen LogP contribution in [-0.4, -0.2) is 37.8 Å². The lowest BCUT2D eigenvalue weighted by molar-refractivity contribution is -0.116. The number of benzene rings is 1. The van der Waals surface area contributed by atoms with Crippen LogP contribution in [0, 0.1) is 19.8 Å². The Balaban J connectivity index is 1.78. The molecule has 1 aromatic carbocycles. The van der Waals surface area contributed by atoms with Crippen molar-refractivity contribution in [2.45, 2.75) is 38.1 Å². The zero-order valence-corrected chi connectivity index (χ0v) is 16.9. The Labute approximate surface area is 162 Å². The molecule has 0 saturated heterocycles. The van der Waals surface area contributed by atoms with E-state index in [1.54, 1.807) is 11.6 Å². The van der Waals surface area contributed by atoms with Crippen LogP contribution in [0.2, 0.25) is 0 Å². The van der Waals surface area contributed by atoms with Crippen LogP contribution in [0.25, 0.3) is 5.78 Å². The molecule has 1 atom stereocenters. The molecule has 0 aliphatic heterocycles. The fraction of sp³-hybridized carbons (Fsp3) is 0.368. The molecule has 142 valence electrons. The van der Waals surface area contributed by atoms with Crippen molar-refractivity contribution in [2.75, 3.05) is 12.4 Å². The predicted octanol–water partition coefficient (Wildman–Crippen LogP) is 3.51. The van der Waals surface area contributed by atoms with Crippen LogP contribution < -0.4 is 10.1 Å². The van der Waals surface area contributed by atoms with E-state index in [9.17, 15) is 4.79 Å². The molecule has 0 bridgehead atoms. The topological polar surface area (TPSA) is 81.4 Å². The normalized spacial score (nSPS) is 12.4. The summed E-state index contributed by atoms with van der Waals surface area (Å²) in [4.78, 5) is 21.7. The van der Waals surface area contributed by atoms with Gasteiger partial charge in [0.1, 0.15) is 5.75 Å². The Bertz CT molecular complexity index is 953. The van der Waals surface area contributed by atoms with E-state index < -0.39 is 0 Å². The Hall–Kier alpha value is -2.61. The number of nitrogens with zero attached hydrogens (tertiary/aromatic N) is 4. The molecule has 1 unspecified atom stereocenters. The molecule has 8 heteroatoms. The van der Waals surface area contributed by atoms with Crippen molar-refractivity contribution in [1.29, 1.82) is 0 Å². The molecule has 2 aromatic heterocycles. The van der Waals surface area contributed by atoms with Crippen LogP contribution in [0.3, 0.4) is 0 Å². The third-order valence-electron chi connectivity index (χ3n) is 4.05. The van der Waals surface area contributed by atoms with Crippen LogP contribution >= 0.6 is 11.8 Å². The lowest BCUT2D eigenvalue weighted by Gasteiger charge is -2.18. The van der Waals surface area contributed by atoms with Crippen molar-refractivity contribution >= 4 is 29.1 Å². The monoisotopic (exact) mass is 385 g/mol. The summed E-state index contributed by atoms with van der Waals surface area (Å²) < 4.78 is 6.85. The Morgan fingerprint density at radius 1 is 1.19 bits per heavy atom. The molecular formula is C19H23N5O2S. The minimum atomic E-state index is -0.328. The molecule has 1 amide bonds. The Morgan fingerprint density at radius 3 is 2.52 bits per heavy atom. The van der Waals surface area contributed by atoms with E-state index >= 15 is 0 Å². The van der Waals surface area contributed by atoms with E-state index in [4.69, 9.17) is 4.74 Å². The summed E-state index contributed by atoms with van der Waals surface area (Å²) in [6.07, 6.45) is 0. The van der Waals surface area contributed by atoms with Gasteiger partial charge in [-0.2, -0.15) is 4.98 Å². The number of aryl methyl sites for hydroxylation is 2. The van der Waals surface area contributed by atoms with Gasteiger partial charge in [0.25, 0.3) is 5.78 Å². The summed E-state index contributed by atoms with van der Waals surface area (Å²) >= 11 is 1.35. The molecule has 2 heterocycles. The second kappa shape index (κ2) is 7.96. The highest BCUT2D eigenvalue weighted by Gasteiger charge is 2.26. The molecule has 0 saturated carbocycles. The molecule has 3 aromatic rings. The fourth-order valence-corrected chi connectivity index (χ4v) is 3.62. The maximum absolute atomic E-state index is 12.8. The number of rotatable bonds is 6. The van der Waals surface area contributed by atoms with E-state index in [1.807, 2.05) is 58.0 Å². The first-order valence-electron chi connectivity index (χ1n) is 8.70. The highest BCUT2D eigenvalue weighted by atomic mass is 32.2. The number of amides is 1. The first-order chi connectivity index (χ1) is 12.9. The Morgan fingerprint density at radius 2 is 1.89 bits per heavy atom. The fourth-order valence-electron chi connectivity index (χ4n) is 2.69. The molecule has 0 fully saturated rings. The summed E-state index contributed by atoms with van der Waals surface area (Å²) in [5, 5.41) is 7.67. The first-order valence-corrected chi connectivity index (χ1v) is 9.58. The maximum Gasteiger partial charge on any atom is 0.253 e. The number of carbonyl (C=O) groups is 1. The molecule has 27 heavy (non-hydrogen) atoms. The van der Waals surface area contributed by atoms with Gasteiger partial charge in [-0.3, -0.25) is 4.79 Å². The predicted molar refractivity (Wildman–Crippen MR) is 106 cm³/mol. The number of thioether (sulfide) groups is 1. The molecule has 0 aliphatic carbocycles. The van der Waals surface area contributed by atoms with E-state index in [2.05, 4.69) is 20.4 Å². The molecule has 1 N–H and O–H groups in total. The number of fused-ring (bicyclic) bond motifs is 1. The standard InChI is InChI=1S/C19H23N5O2S/c1-11(2)16(17(25)21-14-6-8-15(26-5)9-7-14)27-19-22-18-20-12(3)10-13(4)24(18)23-19/h6-11,16H,1-5H3,(H,21,25). The number of carbonyl (C=O) groups excluding carboxylic acids is 1. The van der Waals surface area contributed by atoms with Crippen LogP contribution in [0.1, 0.15) is 25.2 Å². The van der Waals surface area contributed by atoms with Crippen LogP contribution in [0.15, 0.2) is 35.5 Å². The van der Waals surface area contributed by atoms with Gasteiger partial charge in [-0.05, 0) is 50.1 Å². The van der Waals surface area contributed by atoms with Crippen molar-refractivity contribution in [1.82, 2.24) is 19.6 Å². The molecule has 0 spiro atoms. The Kier molecular flexibility index (Phi) is 5.65. The van der Waals surface area contributed by atoms with Gasteiger partial charge in [0.2, 0.25) is 11.1 Å². The van der Waals surface area contributed by atoms with Gasteiger partial charge in [0.15, 0.2) is 0 Å². The number of hydrogen-bond donors (Lipinski definition) is 1. The maximum atomic E-state index is 12.8. The van der Waals surface area contributed by atoms with Crippen molar-refractivity contribution in [3.05, 3.63) is 41.7 Å². The number of hydrogen-bond acceptors (Lipinski definition) is 6. The average Bonchev–Trinajstić information content (AvgIpc) is 3.03. The quantitative estimate of drug-likeness (QED) is 0.654. The molecule has 3 rings (SSSR count). The minimum Gasteiger partial charge on any atom is -0.497 e. The summed E-state index contributed by atoms with van der Waals surface area (Å²) in [7, 11) is 1.61. The van der Waals surface area contributed by atoms with Crippen molar-refractivity contribution < 1.29 is 9.53 Å². The minimum absolute atomic E-state index is 0.0834. The first kappa shape index (κ1) is 19.2. The zero-order valence-electron chi connectivity index (χ0n) is 16.1. The third-order valence-corrected chi connectivity index (χ3v) is 5.45. The highest BCUT2D eigenvalue weighted by Crippen LogP contribution is 2.28. The van der Waals surface area contributed by atoms with E-state index in [-0.39, 0.29) is 17.1 Å². The second-order valence-corrected chi connectivity index (χ2v) is 7.75. The number of anilines is 1. The van der Waals surface area contributed by atoms with Crippen LogP contribution in [0.4, 0.5) is 5.69 Å². The van der Waals surface area contributed by atoms with Gasteiger partial charge < -0.3 is 10.1 Å². The molecular weight excluding hydrogens is 362 g/mol. The van der Waals surface area contributed by atoms with Crippen LogP contribution in [0.5, 0.6) is 5.75 Å². The van der Waals surface area contributed by atoms with Gasteiger partial charge in [-0.1, -0.05) is 25.6 Å². The number of ether oxygens (including phenoxy) is 1.